The number of fused-ring (bicyclic) bond motifs is 5. The summed E-state index contributed by atoms with van der Waals surface area (Å²) in [4.78, 5) is 18.0. The molecule has 7 atom stereocenters. The summed E-state index contributed by atoms with van der Waals surface area (Å²) in [6, 6.07) is 0. The molecule has 0 spiro atoms. The lowest BCUT2D eigenvalue weighted by molar-refractivity contribution is -0.141. The third-order valence-corrected chi connectivity index (χ3v) is 8.98. The molecule has 0 radical (unpaired) electrons. The first-order chi connectivity index (χ1) is 12.4. The van der Waals surface area contributed by atoms with Crippen LogP contribution in [0.25, 0.3) is 0 Å². The molecule has 2 N–H and O–H groups in total. The first kappa shape index (κ1) is 21.1. The van der Waals surface area contributed by atoms with Crippen LogP contribution in [0.3, 0.4) is 0 Å². The molecular formula is C22H37ClN2O2. The SMILES string of the molecule is C[C@@H]1C[C@@H]2[C@H](CC[C@]3(C)C(=O)CC[C@@H]23)[C@@]2(C)CC/C(=N\OCCN)C[C@H]12.Cl. The molecule has 4 aliphatic carbocycles. The van der Waals surface area contributed by atoms with Crippen molar-refractivity contribution < 1.29 is 9.63 Å². The second kappa shape index (κ2) is 7.67. The summed E-state index contributed by atoms with van der Waals surface area (Å²) in [6.45, 7) is 8.33. The van der Waals surface area contributed by atoms with E-state index >= 15 is 0 Å². The molecule has 5 heteroatoms. The number of Topliss-reactive ketones (excluding diaryl/α,β-unsaturated/α-hetero) is 1. The maximum atomic E-state index is 12.6. The van der Waals surface area contributed by atoms with Crippen molar-refractivity contribution in [2.45, 2.75) is 72.1 Å². The molecule has 27 heavy (non-hydrogen) atoms. The second-order valence-corrected chi connectivity index (χ2v) is 10.1. The fraction of sp³-hybridized carbons (Fsp3) is 0.909. The summed E-state index contributed by atoms with van der Waals surface area (Å²) in [7, 11) is 0. The average molecular weight is 397 g/mol. The average Bonchev–Trinajstić information content (AvgIpc) is 2.92. The highest BCUT2D eigenvalue weighted by Crippen LogP contribution is 2.66. The first-order valence-corrected chi connectivity index (χ1v) is 10.8. The number of carbonyl (C=O) groups is 1. The smallest absolute Gasteiger partial charge is 0.139 e. The lowest BCUT2D eigenvalue weighted by Gasteiger charge is -2.61. The van der Waals surface area contributed by atoms with Crippen LogP contribution in [0.1, 0.15) is 72.1 Å². The standard InChI is InChI=1S/C22H36N2O2.ClH/c1-14-12-16-17-4-5-20(25)22(17,3)9-7-18(16)21(2)8-6-15(13-19(14)21)24-26-11-10-23;/h14,16-19H,4-13,23H2,1-3H3;1H/b24-15+;/t14-,16+,17+,18+,19-,21-,22+;/m1./s1. The highest BCUT2D eigenvalue weighted by Gasteiger charge is 2.61. The lowest BCUT2D eigenvalue weighted by Crippen LogP contribution is -2.56. The van der Waals surface area contributed by atoms with Crippen molar-refractivity contribution in [3.63, 3.8) is 0 Å². The molecule has 4 nitrogen and oxygen atoms in total. The predicted molar refractivity (Wildman–Crippen MR) is 111 cm³/mol. The van der Waals surface area contributed by atoms with Gasteiger partial charge >= 0.3 is 0 Å². The number of halogens is 1. The van der Waals surface area contributed by atoms with Crippen LogP contribution in [-0.4, -0.2) is 24.6 Å². The molecule has 4 fully saturated rings. The molecule has 0 aliphatic heterocycles. The van der Waals surface area contributed by atoms with Crippen LogP contribution < -0.4 is 5.73 Å². The Kier molecular flexibility index (Phi) is 5.99. The summed E-state index contributed by atoms with van der Waals surface area (Å²) in [5.41, 5.74) is 7.14. The van der Waals surface area contributed by atoms with Crippen molar-refractivity contribution in [1.82, 2.24) is 0 Å². The number of nitrogens with two attached hydrogens (primary N) is 1. The summed E-state index contributed by atoms with van der Waals surface area (Å²) >= 11 is 0. The Morgan fingerprint density at radius 3 is 2.67 bits per heavy atom. The Bertz CT molecular complexity index is 609. The van der Waals surface area contributed by atoms with Gasteiger partial charge in [0.25, 0.3) is 0 Å². The maximum absolute atomic E-state index is 12.6. The van der Waals surface area contributed by atoms with Crippen molar-refractivity contribution in [3.8, 4) is 0 Å². The number of carbonyl (C=O) groups excluding carboxylic acids is 1. The molecule has 0 aromatic carbocycles. The van der Waals surface area contributed by atoms with Crippen LogP contribution in [-0.2, 0) is 9.63 Å². The molecule has 0 amide bonds. The quantitative estimate of drug-likeness (QED) is 0.560. The van der Waals surface area contributed by atoms with E-state index in [0.717, 1.165) is 43.9 Å². The van der Waals surface area contributed by atoms with Gasteiger partial charge in [0.1, 0.15) is 12.4 Å². The molecule has 0 saturated heterocycles. The van der Waals surface area contributed by atoms with E-state index in [1.807, 2.05) is 0 Å². The van der Waals surface area contributed by atoms with Gasteiger partial charge in [-0.2, -0.15) is 0 Å². The minimum absolute atomic E-state index is 0. The summed E-state index contributed by atoms with van der Waals surface area (Å²) in [5.74, 6) is 4.15. The first-order valence-electron chi connectivity index (χ1n) is 10.8. The van der Waals surface area contributed by atoms with Gasteiger partial charge in [-0.1, -0.05) is 25.9 Å². The monoisotopic (exact) mass is 396 g/mol. The Balaban J connectivity index is 0.00000210. The van der Waals surface area contributed by atoms with E-state index in [0.29, 0.717) is 42.1 Å². The van der Waals surface area contributed by atoms with Gasteiger partial charge in [0.2, 0.25) is 0 Å². The Morgan fingerprint density at radius 2 is 1.93 bits per heavy atom. The van der Waals surface area contributed by atoms with Crippen LogP contribution in [0, 0.1) is 40.4 Å². The van der Waals surface area contributed by atoms with Gasteiger partial charge in [-0.05, 0) is 80.0 Å². The van der Waals surface area contributed by atoms with Gasteiger partial charge in [-0.3, -0.25) is 4.79 Å². The van der Waals surface area contributed by atoms with Crippen LogP contribution in [0.2, 0.25) is 0 Å². The van der Waals surface area contributed by atoms with E-state index in [4.69, 9.17) is 10.6 Å². The summed E-state index contributed by atoms with van der Waals surface area (Å²) < 4.78 is 0. The van der Waals surface area contributed by atoms with Crippen molar-refractivity contribution in [3.05, 3.63) is 0 Å². The van der Waals surface area contributed by atoms with E-state index in [9.17, 15) is 4.79 Å². The van der Waals surface area contributed by atoms with Gasteiger partial charge in [-0.15, -0.1) is 12.4 Å². The number of oxime groups is 1. The number of hydrogen-bond donors (Lipinski definition) is 1. The van der Waals surface area contributed by atoms with Gasteiger partial charge in [0.05, 0.1) is 5.71 Å². The van der Waals surface area contributed by atoms with Gasteiger partial charge in [0, 0.05) is 18.4 Å². The molecule has 0 unspecified atom stereocenters. The molecule has 0 aromatic rings. The fourth-order valence-electron chi connectivity index (χ4n) is 7.57. The minimum Gasteiger partial charge on any atom is -0.395 e. The van der Waals surface area contributed by atoms with Gasteiger partial charge in [0.15, 0.2) is 0 Å². The third-order valence-electron chi connectivity index (χ3n) is 8.98. The minimum atomic E-state index is -0.0125. The Labute approximate surface area is 170 Å². The van der Waals surface area contributed by atoms with E-state index in [2.05, 4.69) is 25.9 Å². The number of rotatable bonds is 3. The van der Waals surface area contributed by atoms with E-state index < -0.39 is 0 Å². The molecule has 154 valence electrons. The highest BCUT2D eigenvalue weighted by atomic mass is 35.5. The van der Waals surface area contributed by atoms with Crippen LogP contribution in [0.15, 0.2) is 5.16 Å². The van der Waals surface area contributed by atoms with Gasteiger partial charge < -0.3 is 10.6 Å². The van der Waals surface area contributed by atoms with Crippen molar-refractivity contribution >= 4 is 23.9 Å². The normalized spacial score (nSPS) is 47.6. The summed E-state index contributed by atoms with van der Waals surface area (Å²) in [5, 5.41) is 4.40. The predicted octanol–water partition coefficient (Wildman–Crippen LogP) is 4.60. The van der Waals surface area contributed by atoms with Crippen LogP contribution in [0.4, 0.5) is 0 Å². The fourth-order valence-corrected chi connectivity index (χ4v) is 7.57. The topological polar surface area (TPSA) is 64.7 Å². The molecule has 0 bridgehead atoms. The number of ketones is 1. The van der Waals surface area contributed by atoms with Crippen molar-refractivity contribution in [1.29, 1.82) is 0 Å². The number of hydrogen-bond acceptors (Lipinski definition) is 4. The molecular weight excluding hydrogens is 360 g/mol. The van der Waals surface area contributed by atoms with Gasteiger partial charge in [-0.25, -0.2) is 0 Å². The zero-order chi connectivity index (χ0) is 18.5. The van der Waals surface area contributed by atoms with E-state index in [1.165, 1.54) is 25.0 Å². The zero-order valence-electron chi connectivity index (χ0n) is 17.2. The lowest BCUT2D eigenvalue weighted by atomic mass is 9.43. The third kappa shape index (κ3) is 3.25. The number of nitrogens with zero attached hydrogens (tertiary/aromatic N) is 1. The molecule has 4 aliphatic rings. The largest absolute Gasteiger partial charge is 0.395 e. The van der Waals surface area contributed by atoms with Crippen molar-refractivity contribution in [2.75, 3.05) is 13.2 Å². The van der Waals surface area contributed by atoms with Crippen LogP contribution in [0.5, 0.6) is 0 Å². The second-order valence-electron chi connectivity index (χ2n) is 10.1. The highest BCUT2D eigenvalue weighted by molar-refractivity contribution is 5.87. The molecule has 4 saturated carbocycles. The molecule has 0 aromatic heterocycles. The maximum Gasteiger partial charge on any atom is 0.139 e. The van der Waals surface area contributed by atoms with E-state index in [1.54, 1.807) is 0 Å². The Morgan fingerprint density at radius 1 is 1.15 bits per heavy atom. The molecule has 4 rings (SSSR count). The Hall–Kier alpha value is -0.610. The van der Waals surface area contributed by atoms with E-state index in [-0.39, 0.29) is 17.8 Å². The van der Waals surface area contributed by atoms with Crippen LogP contribution >= 0.6 is 12.4 Å². The molecule has 0 heterocycles. The zero-order valence-corrected chi connectivity index (χ0v) is 18.0. The van der Waals surface area contributed by atoms with Crippen molar-refractivity contribution in [2.24, 2.45) is 51.3 Å². The summed E-state index contributed by atoms with van der Waals surface area (Å²) in [6.07, 6.45) is 9.02.